The molecule has 0 bridgehead atoms. The third kappa shape index (κ3) is 3.59. The zero-order valence-corrected chi connectivity index (χ0v) is 11.5. The second kappa shape index (κ2) is 6.57. The summed E-state index contributed by atoms with van der Waals surface area (Å²) in [5, 5.41) is 3.32. The van der Waals surface area contributed by atoms with Crippen LogP contribution in [-0.2, 0) is 0 Å². The van der Waals surface area contributed by atoms with E-state index in [0.29, 0.717) is 0 Å². The second-order valence-corrected chi connectivity index (χ2v) is 5.21. The summed E-state index contributed by atoms with van der Waals surface area (Å²) in [5.41, 5.74) is 0. The summed E-state index contributed by atoms with van der Waals surface area (Å²) in [5.74, 6) is 2.85. The molecular weight excluding hydrogens is 224 g/mol. The molecule has 0 saturated carbocycles. The molecule has 1 aliphatic heterocycles. The van der Waals surface area contributed by atoms with Crippen molar-refractivity contribution in [1.82, 2.24) is 9.97 Å². The van der Waals surface area contributed by atoms with Gasteiger partial charge in [-0.25, -0.2) is 9.97 Å². The van der Waals surface area contributed by atoms with Gasteiger partial charge in [-0.1, -0.05) is 13.8 Å². The molecule has 1 saturated heterocycles. The largest absolute Gasteiger partial charge is 0.370 e. The van der Waals surface area contributed by atoms with E-state index >= 15 is 0 Å². The molecule has 1 aromatic heterocycles. The maximum absolute atomic E-state index is 4.41. The molecule has 0 aromatic carbocycles. The quantitative estimate of drug-likeness (QED) is 0.889. The van der Waals surface area contributed by atoms with Crippen LogP contribution in [0.15, 0.2) is 12.4 Å². The minimum Gasteiger partial charge on any atom is -0.370 e. The highest BCUT2D eigenvalue weighted by atomic mass is 15.2. The van der Waals surface area contributed by atoms with Crippen LogP contribution in [0.5, 0.6) is 0 Å². The summed E-state index contributed by atoms with van der Waals surface area (Å²) in [6.45, 7) is 7.70. The van der Waals surface area contributed by atoms with Crippen LogP contribution in [0.2, 0.25) is 0 Å². The Morgan fingerprint density at radius 1 is 1.33 bits per heavy atom. The number of nitrogens with zero attached hydrogens (tertiary/aromatic N) is 3. The average Bonchev–Trinajstić information content (AvgIpc) is 2.61. The van der Waals surface area contributed by atoms with Crippen molar-refractivity contribution >= 4 is 11.6 Å². The highest BCUT2D eigenvalue weighted by molar-refractivity contribution is 5.48. The lowest BCUT2D eigenvalue weighted by Gasteiger charge is -2.21. The molecule has 1 aliphatic rings. The Bertz CT molecular complexity index is 367. The maximum Gasteiger partial charge on any atom is 0.134 e. The van der Waals surface area contributed by atoms with Crippen LogP contribution >= 0.6 is 0 Å². The molecule has 100 valence electrons. The van der Waals surface area contributed by atoms with E-state index in [1.54, 1.807) is 6.33 Å². The zero-order valence-electron chi connectivity index (χ0n) is 11.5. The molecule has 1 N–H and O–H groups in total. The summed E-state index contributed by atoms with van der Waals surface area (Å²) in [7, 11) is 0. The van der Waals surface area contributed by atoms with Crippen molar-refractivity contribution in [3.63, 3.8) is 0 Å². The summed E-state index contributed by atoms with van der Waals surface area (Å²) in [6, 6.07) is 2.08. The van der Waals surface area contributed by atoms with Gasteiger partial charge in [0.2, 0.25) is 0 Å². The number of hydrogen-bond donors (Lipinski definition) is 1. The first-order chi connectivity index (χ1) is 8.79. The molecule has 4 heteroatoms. The molecule has 1 atom stereocenters. The molecule has 0 radical (unpaired) electrons. The van der Waals surface area contributed by atoms with Gasteiger partial charge in [-0.15, -0.1) is 0 Å². The monoisotopic (exact) mass is 248 g/mol. The van der Waals surface area contributed by atoms with E-state index in [0.717, 1.165) is 43.6 Å². The van der Waals surface area contributed by atoms with E-state index < -0.39 is 0 Å². The van der Waals surface area contributed by atoms with Gasteiger partial charge in [0.15, 0.2) is 0 Å². The molecule has 2 heterocycles. The zero-order chi connectivity index (χ0) is 12.8. The number of hydrogen-bond acceptors (Lipinski definition) is 4. The smallest absolute Gasteiger partial charge is 0.134 e. The predicted octanol–water partition coefficient (Wildman–Crippen LogP) is 2.92. The van der Waals surface area contributed by atoms with Gasteiger partial charge in [0.1, 0.15) is 18.0 Å². The van der Waals surface area contributed by atoms with Gasteiger partial charge < -0.3 is 10.2 Å². The van der Waals surface area contributed by atoms with Gasteiger partial charge in [-0.2, -0.15) is 0 Å². The summed E-state index contributed by atoms with van der Waals surface area (Å²) < 4.78 is 0. The van der Waals surface area contributed by atoms with Crippen molar-refractivity contribution in [3.05, 3.63) is 12.4 Å². The second-order valence-electron chi connectivity index (χ2n) is 5.21. The van der Waals surface area contributed by atoms with E-state index in [9.17, 15) is 0 Å². The lowest BCUT2D eigenvalue weighted by atomic mass is 10.0. The van der Waals surface area contributed by atoms with Crippen LogP contribution in [-0.4, -0.2) is 29.6 Å². The van der Waals surface area contributed by atoms with E-state index in [1.165, 1.54) is 19.3 Å². The van der Waals surface area contributed by atoms with E-state index in [4.69, 9.17) is 0 Å². The Morgan fingerprint density at radius 2 is 2.22 bits per heavy atom. The van der Waals surface area contributed by atoms with Gasteiger partial charge in [-0.3, -0.25) is 0 Å². The van der Waals surface area contributed by atoms with Crippen LogP contribution in [0, 0.1) is 5.92 Å². The molecule has 1 aromatic rings. The first kappa shape index (κ1) is 13.1. The van der Waals surface area contributed by atoms with Gasteiger partial charge in [0.25, 0.3) is 0 Å². The molecule has 18 heavy (non-hydrogen) atoms. The SMILES string of the molecule is CCCNc1cc(N2CCCC(C)CC2)ncn1. The third-order valence-corrected chi connectivity index (χ3v) is 3.55. The number of nitrogens with one attached hydrogen (secondary N) is 1. The molecular formula is C14H24N4. The average molecular weight is 248 g/mol. The van der Waals surface area contributed by atoms with E-state index in [-0.39, 0.29) is 0 Å². The predicted molar refractivity (Wildman–Crippen MR) is 76.0 cm³/mol. The summed E-state index contributed by atoms with van der Waals surface area (Å²) >= 11 is 0. The molecule has 0 aliphatic carbocycles. The highest BCUT2D eigenvalue weighted by Crippen LogP contribution is 2.21. The van der Waals surface area contributed by atoms with E-state index in [1.807, 2.05) is 0 Å². The van der Waals surface area contributed by atoms with Crippen molar-refractivity contribution in [2.75, 3.05) is 29.9 Å². The normalized spacial score (nSPS) is 20.6. The van der Waals surface area contributed by atoms with Crippen molar-refractivity contribution < 1.29 is 0 Å². The van der Waals surface area contributed by atoms with Crippen LogP contribution in [0.1, 0.15) is 39.5 Å². The fraction of sp³-hybridized carbons (Fsp3) is 0.714. The van der Waals surface area contributed by atoms with Gasteiger partial charge >= 0.3 is 0 Å². The number of aromatic nitrogens is 2. The topological polar surface area (TPSA) is 41.0 Å². The Kier molecular flexibility index (Phi) is 4.79. The van der Waals surface area contributed by atoms with Gasteiger partial charge in [0.05, 0.1) is 0 Å². The van der Waals surface area contributed by atoms with Crippen LogP contribution < -0.4 is 10.2 Å². The highest BCUT2D eigenvalue weighted by Gasteiger charge is 2.15. The Labute approximate surface area is 110 Å². The first-order valence-electron chi connectivity index (χ1n) is 7.10. The molecule has 0 spiro atoms. The number of rotatable bonds is 4. The Morgan fingerprint density at radius 3 is 3.06 bits per heavy atom. The van der Waals surface area contributed by atoms with Crippen LogP contribution in [0.3, 0.4) is 0 Å². The van der Waals surface area contributed by atoms with E-state index in [2.05, 4.69) is 40.1 Å². The minimum atomic E-state index is 0.842. The standard InChI is InChI=1S/C14H24N4/c1-3-7-15-13-10-14(17-11-16-13)18-8-4-5-12(2)6-9-18/h10-12H,3-9H2,1-2H3,(H,15,16,17). The van der Waals surface area contributed by atoms with Crippen molar-refractivity contribution in [1.29, 1.82) is 0 Å². The van der Waals surface area contributed by atoms with Gasteiger partial charge in [-0.05, 0) is 31.6 Å². The van der Waals surface area contributed by atoms with Gasteiger partial charge in [0, 0.05) is 25.7 Å². The lowest BCUT2D eigenvalue weighted by Crippen LogP contribution is -2.25. The van der Waals surface area contributed by atoms with Crippen LogP contribution in [0.4, 0.5) is 11.6 Å². The van der Waals surface area contributed by atoms with Crippen LogP contribution in [0.25, 0.3) is 0 Å². The Balaban J connectivity index is 2.02. The summed E-state index contributed by atoms with van der Waals surface area (Å²) in [4.78, 5) is 11.1. The molecule has 2 rings (SSSR count). The fourth-order valence-electron chi connectivity index (χ4n) is 2.36. The molecule has 4 nitrogen and oxygen atoms in total. The molecule has 1 unspecified atom stereocenters. The summed E-state index contributed by atoms with van der Waals surface area (Å²) in [6.07, 6.45) is 6.65. The Hall–Kier alpha value is -1.32. The minimum absolute atomic E-state index is 0.842. The number of anilines is 2. The lowest BCUT2D eigenvalue weighted by molar-refractivity contribution is 0.521. The fourth-order valence-corrected chi connectivity index (χ4v) is 2.36. The first-order valence-corrected chi connectivity index (χ1v) is 7.10. The van der Waals surface area contributed by atoms with Crippen molar-refractivity contribution in [2.24, 2.45) is 5.92 Å². The van der Waals surface area contributed by atoms with Crippen molar-refractivity contribution in [3.8, 4) is 0 Å². The molecule has 1 fully saturated rings. The third-order valence-electron chi connectivity index (χ3n) is 3.55. The maximum atomic E-state index is 4.41. The molecule has 0 amide bonds. The van der Waals surface area contributed by atoms with Crippen molar-refractivity contribution in [2.45, 2.75) is 39.5 Å².